The third kappa shape index (κ3) is 4.18. The van der Waals surface area contributed by atoms with Crippen molar-refractivity contribution >= 4 is 13.3 Å². The summed E-state index contributed by atoms with van der Waals surface area (Å²) < 4.78 is 0. The summed E-state index contributed by atoms with van der Waals surface area (Å²) in [7, 11) is 0. The van der Waals surface area contributed by atoms with E-state index in [1.54, 1.807) is 11.1 Å². The average Bonchev–Trinajstić information content (AvgIpc) is 2.47. The van der Waals surface area contributed by atoms with Gasteiger partial charge in [-0.15, -0.1) is 0 Å². The first-order valence-corrected chi connectivity index (χ1v) is 13.6. The van der Waals surface area contributed by atoms with Gasteiger partial charge in [0.05, 0.1) is 0 Å². The van der Waals surface area contributed by atoms with Gasteiger partial charge >= 0.3 is 98.1 Å². The summed E-state index contributed by atoms with van der Waals surface area (Å²) in [4.78, 5) is 0. The normalized spacial score (nSPS) is 25.3. The predicted octanol–water partition coefficient (Wildman–Crippen LogP) is 5.16. The van der Waals surface area contributed by atoms with Gasteiger partial charge in [-0.25, -0.2) is 0 Å². The maximum absolute atomic E-state index is 2.58. The fourth-order valence-electron chi connectivity index (χ4n) is 2.36. The van der Waals surface area contributed by atoms with Gasteiger partial charge in [0.1, 0.15) is 0 Å². The van der Waals surface area contributed by atoms with Crippen molar-refractivity contribution < 1.29 is 0 Å². The second-order valence-corrected chi connectivity index (χ2v) is 16.1. The topological polar surface area (TPSA) is 0 Å². The molecule has 0 unspecified atom stereocenters. The first-order chi connectivity index (χ1) is 7.09. The van der Waals surface area contributed by atoms with Crippen LogP contribution in [0.3, 0.4) is 0 Å². The fraction of sp³-hybridized carbons (Fsp3) is 0.714. The van der Waals surface area contributed by atoms with Crippen molar-refractivity contribution in [1.29, 1.82) is 0 Å². The molecule has 1 heteroatoms. The molecule has 1 aliphatic heterocycles. The third-order valence-electron chi connectivity index (χ3n) is 3.11. The van der Waals surface area contributed by atoms with Crippen LogP contribution < -0.4 is 0 Å². The van der Waals surface area contributed by atoms with Crippen molar-refractivity contribution in [3.05, 3.63) is 23.3 Å². The van der Waals surface area contributed by atoms with E-state index in [0.29, 0.717) is 0 Å². The first kappa shape index (κ1) is 13.1. The molecule has 0 nitrogen and oxygen atoms in total. The monoisotopic (exact) mass is 268 g/mol. The van der Waals surface area contributed by atoms with Crippen LogP contribution in [-0.2, 0) is 0 Å². The van der Waals surface area contributed by atoms with Crippen LogP contribution in [0.25, 0.3) is 0 Å². The Labute approximate surface area is 98.2 Å². The Morgan fingerprint density at radius 2 is 1.33 bits per heavy atom. The molecule has 0 spiro atoms. The summed E-state index contributed by atoms with van der Waals surface area (Å²) in [6, 6.07) is 0. The second-order valence-electron chi connectivity index (χ2n) is 5.55. The van der Waals surface area contributed by atoms with E-state index in [9.17, 15) is 0 Å². The molecule has 0 bridgehead atoms. The Hall–Kier alpha value is 0.0229. The molecule has 0 atom stereocenters. The molecule has 0 N–H and O–H groups in total. The quantitative estimate of drug-likeness (QED) is 0.617. The summed E-state index contributed by atoms with van der Waals surface area (Å²) in [5.41, 5.74) is 3.44. The van der Waals surface area contributed by atoms with E-state index in [0.717, 1.165) is 0 Å². The summed E-state index contributed by atoms with van der Waals surface area (Å²) in [5, 5.41) is 2.94. The minimum atomic E-state index is -1.39. The molecule has 15 heavy (non-hydrogen) atoms. The standard InChI is InChI=1S/C14H26Ge/c1-5-7-9-13-11-15(3,4)12-14(13)10-8-6-2/h9-10H,5-8,11-12H2,1-4H3/b13-9-,14-10+. The zero-order valence-corrected chi connectivity index (χ0v) is 13.0. The summed E-state index contributed by atoms with van der Waals surface area (Å²) in [6.07, 6.45) is 10.2. The van der Waals surface area contributed by atoms with Crippen molar-refractivity contribution in [3.63, 3.8) is 0 Å². The molecule has 1 saturated heterocycles. The molecule has 1 aliphatic rings. The van der Waals surface area contributed by atoms with Gasteiger partial charge in [0.25, 0.3) is 0 Å². The number of hydrogen-bond donors (Lipinski definition) is 0. The second kappa shape index (κ2) is 5.93. The molecule has 0 amide bonds. The Bertz CT molecular complexity index is 233. The van der Waals surface area contributed by atoms with Gasteiger partial charge in [-0.2, -0.15) is 0 Å². The summed E-state index contributed by atoms with van der Waals surface area (Å²) in [6.45, 7) is 4.54. The van der Waals surface area contributed by atoms with Crippen LogP contribution in [0, 0.1) is 0 Å². The van der Waals surface area contributed by atoms with E-state index in [-0.39, 0.29) is 0 Å². The zero-order chi connectivity index (χ0) is 11.3. The van der Waals surface area contributed by atoms with Crippen molar-refractivity contribution in [3.8, 4) is 0 Å². The van der Waals surface area contributed by atoms with E-state index < -0.39 is 13.3 Å². The zero-order valence-electron chi connectivity index (χ0n) is 10.9. The van der Waals surface area contributed by atoms with Crippen LogP contribution in [0.5, 0.6) is 0 Å². The van der Waals surface area contributed by atoms with E-state index in [1.807, 2.05) is 0 Å². The van der Waals surface area contributed by atoms with E-state index in [1.165, 1.54) is 36.2 Å². The number of rotatable bonds is 4. The number of allylic oxidation sites excluding steroid dienone is 4. The van der Waals surface area contributed by atoms with Gasteiger partial charge in [-0.1, -0.05) is 0 Å². The van der Waals surface area contributed by atoms with Gasteiger partial charge in [0.2, 0.25) is 0 Å². The average molecular weight is 267 g/mol. The Morgan fingerprint density at radius 3 is 1.67 bits per heavy atom. The van der Waals surface area contributed by atoms with Crippen LogP contribution in [0.4, 0.5) is 0 Å². The SMILES string of the molecule is CCC/C=C1\[CH2][Ge]([CH3])([CH3])[CH2]\C1=C\CCC. The summed E-state index contributed by atoms with van der Waals surface area (Å²) in [5.74, 6) is 5.15. The molecular formula is C14H26Ge. The Morgan fingerprint density at radius 1 is 0.933 bits per heavy atom. The van der Waals surface area contributed by atoms with Crippen LogP contribution in [-0.4, -0.2) is 13.3 Å². The minimum absolute atomic E-state index is 1.27. The molecule has 0 saturated carbocycles. The third-order valence-corrected chi connectivity index (χ3v) is 8.72. The molecule has 1 rings (SSSR count). The van der Waals surface area contributed by atoms with E-state index in [4.69, 9.17) is 0 Å². The Balaban J connectivity index is 2.74. The van der Waals surface area contributed by atoms with Crippen molar-refractivity contribution in [1.82, 2.24) is 0 Å². The van der Waals surface area contributed by atoms with E-state index >= 15 is 0 Å². The molecule has 0 aliphatic carbocycles. The number of hydrogen-bond acceptors (Lipinski definition) is 0. The fourth-order valence-corrected chi connectivity index (χ4v) is 8.51. The first-order valence-electron chi connectivity index (χ1n) is 6.47. The predicted molar refractivity (Wildman–Crippen MR) is 73.1 cm³/mol. The van der Waals surface area contributed by atoms with Gasteiger partial charge in [-0.05, 0) is 0 Å². The van der Waals surface area contributed by atoms with E-state index in [2.05, 4.69) is 37.5 Å². The molecule has 0 aromatic heterocycles. The van der Waals surface area contributed by atoms with Gasteiger partial charge in [0.15, 0.2) is 0 Å². The molecule has 1 fully saturated rings. The van der Waals surface area contributed by atoms with Crippen molar-refractivity contribution in [2.45, 2.75) is 61.5 Å². The van der Waals surface area contributed by atoms with Crippen LogP contribution >= 0.6 is 0 Å². The van der Waals surface area contributed by atoms with Gasteiger partial charge in [0, 0.05) is 0 Å². The van der Waals surface area contributed by atoms with Gasteiger partial charge < -0.3 is 0 Å². The summed E-state index contributed by atoms with van der Waals surface area (Å²) >= 11 is -1.39. The van der Waals surface area contributed by atoms with Crippen molar-refractivity contribution in [2.75, 3.05) is 0 Å². The van der Waals surface area contributed by atoms with Crippen LogP contribution in [0.2, 0.25) is 22.0 Å². The number of unbranched alkanes of at least 4 members (excludes halogenated alkanes) is 2. The van der Waals surface area contributed by atoms with Crippen molar-refractivity contribution in [2.24, 2.45) is 0 Å². The molecule has 86 valence electrons. The van der Waals surface area contributed by atoms with Crippen LogP contribution in [0.15, 0.2) is 23.3 Å². The molecule has 0 aromatic rings. The Kier molecular flexibility index (Phi) is 5.18. The molecular weight excluding hydrogens is 241 g/mol. The molecule has 1 heterocycles. The maximum atomic E-state index is 2.58. The van der Waals surface area contributed by atoms with Gasteiger partial charge in [-0.3, -0.25) is 0 Å². The van der Waals surface area contributed by atoms with Crippen LogP contribution in [0.1, 0.15) is 39.5 Å². The molecule has 0 aromatic carbocycles. The molecule has 0 radical (unpaired) electrons.